The molecule has 1 aromatic heterocycles. The number of aromatic nitrogens is 1. The zero-order chi connectivity index (χ0) is 21.3. The van der Waals surface area contributed by atoms with E-state index in [9.17, 15) is 13.2 Å². The number of fused-ring (bicyclic) bond motifs is 1. The zero-order valence-corrected chi connectivity index (χ0v) is 18.0. The molecule has 1 fully saturated rings. The number of thiazole rings is 1. The number of ether oxygens (including phenoxy) is 2. The number of rotatable bonds is 6. The van der Waals surface area contributed by atoms with Gasteiger partial charge in [-0.1, -0.05) is 12.1 Å². The lowest BCUT2D eigenvalue weighted by atomic mass is 10.1. The Balaban J connectivity index is 1.74. The third kappa shape index (κ3) is 4.04. The number of benzene rings is 2. The lowest BCUT2D eigenvalue weighted by molar-refractivity contribution is -0.117. The SMILES string of the molecule is COc1ccc(-c2ccc3nc(CC(N)=O)sc3c2)cc1S(=O)(=O)N1CCOCC1. The van der Waals surface area contributed by atoms with Gasteiger partial charge in [-0.3, -0.25) is 4.79 Å². The highest BCUT2D eigenvalue weighted by atomic mass is 32.2. The number of amides is 1. The third-order valence-corrected chi connectivity index (χ3v) is 7.78. The Kier molecular flexibility index (Phi) is 5.74. The fourth-order valence-electron chi connectivity index (χ4n) is 3.36. The van der Waals surface area contributed by atoms with E-state index in [0.29, 0.717) is 37.1 Å². The molecule has 8 nitrogen and oxygen atoms in total. The number of hydrogen-bond acceptors (Lipinski definition) is 7. The van der Waals surface area contributed by atoms with Crippen LogP contribution in [0.1, 0.15) is 5.01 Å². The summed E-state index contributed by atoms with van der Waals surface area (Å²) >= 11 is 1.40. The molecule has 3 aromatic rings. The summed E-state index contributed by atoms with van der Waals surface area (Å²) < 4.78 is 39.3. The predicted octanol–water partition coefficient (Wildman–Crippen LogP) is 2.02. The van der Waals surface area contributed by atoms with Crippen LogP contribution in [0.2, 0.25) is 0 Å². The quantitative estimate of drug-likeness (QED) is 0.619. The van der Waals surface area contributed by atoms with Gasteiger partial charge in [0.2, 0.25) is 15.9 Å². The molecule has 2 heterocycles. The maximum atomic E-state index is 13.2. The van der Waals surface area contributed by atoms with Crippen LogP contribution in [0.5, 0.6) is 5.75 Å². The molecule has 0 unspecified atom stereocenters. The topological polar surface area (TPSA) is 112 Å². The van der Waals surface area contributed by atoms with Crippen molar-refractivity contribution in [1.82, 2.24) is 9.29 Å². The van der Waals surface area contributed by atoms with Crippen molar-refractivity contribution in [3.05, 3.63) is 41.4 Å². The molecule has 4 rings (SSSR count). The molecule has 30 heavy (non-hydrogen) atoms. The number of morpholine rings is 1. The molecule has 1 aliphatic heterocycles. The van der Waals surface area contributed by atoms with Crippen LogP contribution in [-0.2, 0) is 26.0 Å². The number of primary amides is 1. The van der Waals surface area contributed by atoms with Crippen LogP contribution in [-0.4, -0.2) is 57.0 Å². The summed E-state index contributed by atoms with van der Waals surface area (Å²) in [6, 6.07) is 10.8. The molecule has 1 saturated heterocycles. The Labute approximate surface area is 178 Å². The molecule has 0 bridgehead atoms. The number of nitrogens with zero attached hydrogens (tertiary/aromatic N) is 2. The summed E-state index contributed by atoms with van der Waals surface area (Å²) in [6.45, 7) is 1.37. The van der Waals surface area contributed by atoms with Crippen LogP contribution in [0.25, 0.3) is 21.3 Å². The molecule has 0 spiro atoms. The van der Waals surface area contributed by atoms with Crippen molar-refractivity contribution in [2.24, 2.45) is 5.73 Å². The smallest absolute Gasteiger partial charge is 0.246 e. The van der Waals surface area contributed by atoms with Gasteiger partial charge >= 0.3 is 0 Å². The molecular formula is C20H21N3O5S2. The number of hydrogen-bond donors (Lipinski definition) is 1. The molecular weight excluding hydrogens is 426 g/mol. The van der Waals surface area contributed by atoms with E-state index in [0.717, 1.165) is 21.3 Å². The van der Waals surface area contributed by atoms with Gasteiger partial charge in [-0.2, -0.15) is 4.31 Å². The third-order valence-electron chi connectivity index (χ3n) is 4.84. The standard InChI is InChI=1S/C20H21N3O5S2/c1-27-16-5-3-14(11-18(16)30(25,26)23-6-8-28-9-7-23)13-2-4-15-17(10-13)29-20(22-15)12-19(21)24/h2-5,10-11H,6-9,12H2,1H3,(H2,21,24). The van der Waals surface area contributed by atoms with Crippen LogP contribution in [0.4, 0.5) is 0 Å². The van der Waals surface area contributed by atoms with Gasteiger partial charge < -0.3 is 15.2 Å². The maximum Gasteiger partial charge on any atom is 0.246 e. The van der Waals surface area contributed by atoms with E-state index in [4.69, 9.17) is 15.2 Å². The van der Waals surface area contributed by atoms with E-state index in [1.165, 1.54) is 22.8 Å². The first-order valence-electron chi connectivity index (χ1n) is 9.32. The highest BCUT2D eigenvalue weighted by Crippen LogP contribution is 2.34. The van der Waals surface area contributed by atoms with Crippen LogP contribution >= 0.6 is 11.3 Å². The van der Waals surface area contributed by atoms with Gasteiger partial charge in [0.15, 0.2) is 0 Å². The van der Waals surface area contributed by atoms with E-state index >= 15 is 0 Å². The number of methoxy groups -OCH3 is 1. The first-order chi connectivity index (χ1) is 14.4. The Morgan fingerprint density at radius 3 is 2.60 bits per heavy atom. The van der Waals surface area contributed by atoms with E-state index in [-0.39, 0.29) is 11.3 Å². The number of carbonyl (C=O) groups excluding carboxylic acids is 1. The summed E-state index contributed by atoms with van der Waals surface area (Å²) in [6.07, 6.45) is 0.0964. The normalized spacial score (nSPS) is 15.4. The molecule has 2 N–H and O–H groups in total. The van der Waals surface area contributed by atoms with Gasteiger partial charge in [-0.25, -0.2) is 13.4 Å². The largest absolute Gasteiger partial charge is 0.495 e. The first kappa shape index (κ1) is 20.7. The lowest BCUT2D eigenvalue weighted by Crippen LogP contribution is -2.40. The summed E-state index contributed by atoms with van der Waals surface area (Å²) in [5.74, 6) is -0.129. The molecule has 10 heteroatoms. The Morgan fingerprint density at radius 1 is 1.20 bits per heavy atom. The van der Waals surface area contributed by atoms with Crippen LogP contribution in [0.15, 0.2) is 41.3 Å². The maximum absolute atomic E-state index is 13.2. The molecule has 2 aromatic carbocycles. The van der Waals surface area contributed by atoms with Crippen molar-refractivity contribution in [3.63, 3.8) is 0 Å². The van der Waals surface area contributed by atoms with Crippen LogP contribution < -0.4 is 10.5 Å². The molecule has 0 saturated carbocycles. The molecule has 1 amide bonds. The van der Waals surface area contributed by atoms with Gasteiger partial charge in [0.1, 0.15) is 15.7 Å². The van der Waals surface area contributed by atoms with Gasteiger partial charge in [-0.15, -0.1) is 11.3 Å². The number of nitrogens with two attached hydrogens (primary N) is 1. The van der Waals surface area contributed by atoms with Crippen molar-refractivity contribution >= 4 is 37.5 Å². The van der Waals surface area contributed by atoms with Gasteiger partial charge in [0, 0.05) is 13.1 Å². The Morgan fingerprint density at radius 2 is 1.90 bits per heavy atom. The minimum absolute atomic E-state index is 0.0964. The highest BCUT2D eigenvalue weighted by Gasteiger charge is 2.29. The van der Waals surface area contributed by atoms with Gasteiger partial charge in [0.05, 0.1) is 37.0 Å². The van der Waals surface area contributed by atoms with E-state index in [2.05, 4.69) is 4.98 Å². The second-order valence-electron chi connectivity index (χ2n) is 6.82. The van der Waals surface area contributed by atoms with Crippen molar-refractivity contribution in [2.45, 2.75) is 11.3 Å². The first-order valence-corrected chi connectivity index (χ1v) is 11.6. The second-order valence-corrected chi connectivity index (χ2v) is 9.84. The molecule has 0 aliphatic carbocycles. The predicted molar refractivity (Wildman–Crippen MR) is 114 cm³/mol. The summed E-state index contributed by atoms with van der Waals surface area (Å²) in [5, 5.41) is 0.653. The van der Waals surface area contributed by atoms with E-state index in [1.807, 2.05) is 24.3 Å². The van der Waals surface area contributed by atoms with Crippen LogP contribution in [0.3, 0.4) is 0 Å². The van der Waals surface area contributed by atoms with Crippen molar-refractivity contribution in [1.29, 1.82) is 0 Å². The summed E-state index contributed by atoms with van der Waals surface area (Å²) in [7, 11) is -2.26. The second kappa shape index (κ2) is 8.31. The highest BCUT2D eigenvalue weighted by molar-refractivity contribution is 7.89. The summed E-state index contributed by atoms with van der Waals surface area (Å²) in [5.41, 5.74) is 7.62. The van der Waals surface area contributed by atoms with E-state index < -0.39 is 15.9 Å². The fraction of sp³-hybridized carbons (Fsp3) is 0.300. The number of carbonyl (C=O) groups is 1. The molecule has 158 valence electrons. The number of sulfonamides is 1. The lowest BCUT2D eigenvalue weighted by Gasteiger charge is -2.26. The summed E-state index contributed by atoms with van der Waals surface area (Å²) in [4.78, 5) is 15.7. The van der Waals surface area contributed by atoms with Gasteiger partial charge in [-0.05, 0) is 35.4 Å². The Hall–Kier alpha value is -2.53. The minimum Gasteiger partial charge on any atom is -0.495 e. The average Bonchev–Trinajstić information content (AvgIpc) is 3.14. The zero-order valence-electron chi connectivity index (χ0n) is 16.3. The Bertz CT molecular complexity index is 1200. The van der Waals surface area contributed by atoms with Crippen molar-refractivity contribution in [2.75, 3.05) is 33.4 Å². The van der Waals surface area contributed by atoms with Gasteiger partial charge in [0.25, 0.3) is 0 Å². The molecule has 0 radical (unpaired) electrons. The van der Waals surface area contributed by atoms with E-state index in [1.54, 1.807) is 12.1 Å². The van der Waals surface area contributed by atoms with Crippen molar-refractivity contribution in [3.8, 4) is 16.9 Å². The van der Waals surface area contributed by atoms with Crippen molar-refractivity contribution < 1.29 is 22.7 Å². The molecule has 0 atom stereocenters. The fourth-order valence-corrected chi connectivity index (χ4v) is 5.97. The minimum atomic E-state index is -3.72. The average molecular weight is 448 g/mol. The van der Waals surface area contributed by atoms with Crippen LogP contribution in [0, 0.1) is 0 Å². The monoisotopic (exact) mass is 447 g/mol. The molecule has 1 aliphatic rings.